The van der Waals surface area contributed by atoms with E-state index in [4.69, 9.17) is 4.98 Å². The lowest BCUT2D eigenvalue weighted by molar-refractivity contribution is -0.134. The van der Waals surface area contributed by atoms with E-state index in [2.05, 4.69) is 35.8 Å². The van der Waals surface area contributed by atoms with Crippen LogP contribution in [0.1, 0.15) is 64.6 Å². The van der Waals surface area contributed by atoms with E-state index in [0.717, 1.165) is 55.4 Å². The number of anilines is 1. The second kappa shape index (κ2) is 8.94. The van der Waals surface area contributed by atoms with Crippen LogP contribution in [0.15, 0.2) is 18.5 Å². The first kappa shape index (κ1) is 21.7. The molecule has 0 aliphatic carbocycles. The van der Waals surface area contributed by atoms with Gasteiger partial charge < -0.3 is 14.9 Å². The number of hydrogen-bond donors (Lipinski definition) is 1. The van der Waals surface area contributed by atoms with Gasteiger partial charge in [-0.25, -0.2) is 9.97 Å². The van der Waals surface area contributed by atoms with Gasteiger partial charge in [-0.1, -0.05) is 20.8 Å². The van der Waals surface area contributed by atoms with Gasteiger partial charge in [-0.2, -0.15) is 5.10 Å². The number of carbonyl (C=O) groups is 1. The van der Waals surface area contributed by atoms with Gasteiger partial charge in [-0.15, -0.1) is 0 Å². The predicted molar refractivity (Wildman–Crippen MR) is 120 cm³/mol. The van der Waals surface area contributed by atoms with Gasteiger partial charge in [0.25, 0.3) is 0 Å². The summed E-state index contributed by atoms with van der Waals surface area (Å²) in [5, 5.41) is 14.2. The van der Waals surface area contributed by atoms with Crippen LogP contribution in [0.5, 0.6) is 0 Å². The molecule has 0 bridgehead atoms. The minimum Gasteiger partial charge on any atom is -0.394 e. The Balaban J connectivity index is 1.70. The van der Waals surface area contributed by atoms with E-state index in [1.54, 1.807) is 6.20 Å². The molecule has 0 aromatic carbocycles. The Bertz CT molecular complexity index is 913. The zero-order chi connectivity index (χ0) is 22.0. The van der Waals surface area contributed by atoms with E-state index >= 15 is 0 Å². The fourth-order valence-electron chi connectivity index (χ4n) is 4.69. The van der Waals surface area contributed by atoms with Gasteiger partial charge in [0.05, 0.1) is 36.8 Å². The Morgan fingerprint density at radius 1 is 1.19 bits per heavy atom. The first-order valence-electron chi connectivity index (χ1n) is 11.4. The minimum atomic E-state index is -0.0598. The van der Waals surface area contributed by atoms with Gasteiger partial charge in [0.2, 0.25) is 11.9 Å². The summed E-state index contributed by atoms with van der Waals surface area (Å²) in [7, 11) is 0. The number of aromatic nitrogens is 4. The van der Waals surface area contributed by atoms with E-state index in [1.807, 2.05) is 21.8 Å². The second-order valence-corrected chi connectivity index (χ2v) is 9.81. The molecule has 2 aliphatic heterocycles. The zero-order valence-corrected chi connectivity index (χ0v) is 18.9. The Hall–Kier alpha value is -2.48. The summed E-state index contributed by atoms with van der Waals surface area (Å²) in [5.41, 5.74) is 2.67. The first-order chi connectivity index (χ1) is 14.9. The molecule has 0 radical (unpaired) electrons. The zero-order valence-electron chi connectivity index (χ0n) is 18.9. The molecule has 1 atom stereocenters. The Labute approximate surface area is 184 Å². The average Bonchev–Trinajstić information content (AvgIpc) is 3.47. The van der Waals surface area contributed by atoms with Crippen LogP contribution in [-0.2, 0) is 11.3 Å². The van der Waals surface area contributed by atoms with Crippen molar-refractivity contribution in [1.29, 1.82) is 0 Å². The van der Waals surface area contributed by atoms with Crippen molar-refractivity contribution in [2.24, 2.45) is 5.41 Å². The van der Waals surface area contributed by atoms with Crippen LogP contribution in [0.4, 0.5) is 5.95 Å². The number of nitrogens with zero attached hydrogens (tertiary/aromatic N) is 6. The smallest absolute Gasteiger partial charge is 0.225 e. The normalized spacial score (nSPS) is 19.4. The number of aliphatic hydroxyl groups excluding tert-OH is 1. The molecule has 0 spiro atoms. The highest BCUT2D eigenvalue weighted by Gasteiger charge is 2.35. The molecule has 2 saturated heterocycles. The summed E-state index contributed by atoms with van der Waals surface area (Å²) in [5.74, 6) is 0.932. The number of carbonyl (C=O) groups excluding carboxylic acids is 1. The lowest BCUT2D eigenvalue weighted by Gasteiger charge is -2.29. The largest absolute Gasteiger partial charge is 0.394 e. The molecule has 2 aromatic rings. The lowest BCUT2D eigenvalue weighted by Crippen LogP contribution is -2.34. The first-order valence-corrected chi connectivity index (χ1v) is 11.4. The highest BCUT2D eigenvalue weighted by atomic mass is 16.3. The molecular formula is C23H34N6O2. The number of hydrogen-bond acceptors (Lipinski definition) is 6. The minimum absolute atomic E-state index is 0.000418. The molecule has 168 valence electrons. The van der Waals surface area contributed by atoms with E-state index < -0.39 is 0 Å². The number of rotatable bonds is 6. The van der Waals surface area contributed by atoms with Crippen LogP contribution in [-0.4, -0.2) is 61.9 Å². The summed E-state index contributed by atoms with van der Waals surface area (Å²) >= 11 is 0. The molecule has 4 heterocycles. The van der Waals surface area contributed by atoms with Gasteiger partial charge in [0, 0.05) is 37.8 Å². The number of amides is 1. The van der Waals surface area contributed by atoms with Crippen LogP contribution < -0.4 is 4.90 Å². The van der Waals surface area contributed by atoms with Crippen molar-refractivity contribution in [2.45, 2.75) is 65.5 Å². The third-order valence-corrected chi connectivity index (χ3v) is 6.07. The third-order valence-electron chi connectivity index (χ3n) is 6.07. The van der Waals surface area contributed by atoms with E-state index in [1.165, 1.54) is 12.8 Å². The van der Waals surface area contributed by atoms with Gasteiger partial charge in [0.1, 0.15) is 0 Å². The van der Waals surface area contributed by atoms with Crippen LogP contribution in [0.3, 0.4) is 0 Å². The maximum absolute atomic E-state index is 13.1. The van der Waals surface area contributed by atoms with Gasteiger partial charge in [0.15, 0.2) is 0 Å². The monoisotopic (exact) mass is 426 g/mol. The summed E-state index contributed by atoms with van der Waals surface area (Å²) in [6, 6.07) is 1.86. The fraction of sp³-hybridized carbons (Fsp3) is 0.652. The van der Waals surface area contributed by atoms with Crippen molar-refractivity contribution in [1.82, 2.24) is 24.6 Å². The maximum Gasteiger partial charge on any atom is 0.225 e. The van der Waals surface area contributed by atoms with Crippen LogP contribution in [0.2, 0.25) is 0 Å². The molecule has 1 N–H and O–H groups in total. The lowest BCUT2D eigenvalue weighted by atomic mass is 9.91. The molecule has 31 heavy (non-hydrogen) atoms. The van der Waals surface area contributed by atoms with Gasteiger partial charge in [-0.05, 0) is 37.2 Å². The highest BCUT2D eigenvalue weighted by molar-refractivity contribution is 5.78. The Morgan fingerprint density at radius 2 is 1.97 bits per heavy atom. The summed E-state index contributed by atoms with van der Waals surface area (Å²) < 4.78 is 1.85. The molecule has 2 aromatic heterocycles. The molecule has 8 heteroatoms. The SMILES string of the molecule is CC(C)(C)CC(=O)N1CCC[C@@H]1c1c(-c2ccnc(N3CCCC3)n2)cnn1CCO. The summed E-state index contributed by atoms with van der Waals surface area (Å²) in [6.45, 7) is 9.41. The standard InChI is InChI=1S/C23H34N6O2/c1-23(2,3)15-20(31)28-12-6-7-19(28)21-17(16-25-29(21)13-14-30)18-8-9-24-22(26-18)27-10-4-5-11-27/h8-9,16,19,30H,4-7,10-15H2,1-3H3/t19-/m1/s1. The molecule has 4 rings (SSSR count). The molecule has 1 amide bonds. The predicted octanol–water partition coefficient (Wildman–Crippen LogP) is 3.03. The molecule has 0 saturated carbocycles. The average molecular weight is 427 g/mol. The third kappa shape index (κ3) is 4.74. The summed E-state index contributed by atoms with van der Waals surface area (Å²) in [6.07, 6.45) is 8.34. The molecular weight excluding hydrogens is 392 g/mol. The molecule has 0 unspecified atom stereocenters. The summed E-state index contributed by atoms with van der Waals surface area (Å²) in [4.78, 5) is 26.7. The maximum atomic E-state index is 13.1. The second-order valence-electron chi connectivity index (χ2n) is 9.81. The van der Waals surface area contributed by atoms with Crippen LogP contribution in [0.25, 0.3) is 11.3 Å². The van der Waals surface area contributed by atoms with E-state index in [-0.39, 0.29) is 24.0 Å². The quantitative estimate of drug-likeness (QED) is 0.764. The number of aliphatic hydroxyl groups is 1. The topological polar surface area (TPSA) is 87.4 Å². The Kier molecular flexibility index (Phi) is 6.27. The van der Waals surface area contributed by atoms with E-state index in [9.17, 15) is 9.90 Å². The van der Waals surface area contributed by atoms with Crippen molar-refractivity contribution < 1.29 is 9.90 Å². The molecule has 2 aliphatic rings. The number of likely N-dealkylation sites (tertiary alicyclic amines) is 1. The molecule has 8 nitrogen and oxygen atoms in total. The Morgan fingerprint density at radius 3 is 2.68 bits per heavy atom. The van der Waals surface area contributed by atoms with Crippen molar-refractivity contribution >= 4 is 11.9 Å². The van der Waals surface area contributed by atoms with E-state index in [0.29, 0.717) is 13.0 Å². The van der Waals surface area contributed by atoms with Crippen molar-refractivity contribution in [3.63, 3.8) is 0 Å². The van der Waals surface area contributed by atoms with Gasteiger partial charge in [-0.3, -0.25) is 9.48 Å². The molecule has 2 fully saturated rings. The van der Waals surface area contributed by atoms with Gasteiger partial charge >= 0.3 is 0 Å². The van der Waals surface area contributed by atoms with Crippen LogP contribution in [0, 0.1) is 5.41 Å². The van der Waals surface area contributed by atoms with Crippen molar-refractivity contribution in [3.05, 3.63) is 24.2 Å². The van der Waals surface area contributed by atoms with Crippen molar-refractivity contribution in [3.8, 4) is 11.3 Å². The van der Waals surface area contributed by atoms with Crippen LogP contribution >= 0.6 is 0 Å². The fourth-order valence-corrected chi connectivity index (χ4v) is 4.69. The van der Waals surface area contributed by atoms with Crippen molar-refractivity contribution in [2.75, 3.05) is 31.1 Å². The highest BCUT2D eigenvalue weighted by Crippen LogP contribution is 2.39.